The molecule has 0 aliphatic heterocycles. The van der Waals surface area contributed by atoms with Gasteiger partial charge < -0.3 is 10.1 Å². The molecule has 118 valence electrons. The average Bonchev–Trinajstić information content (AvgIpc) is 2.53. The molecule has 0 radical (unpaired) electrons. The summed E-state index contributed by atoms with van der Waals surface area (Å²) in [4.78, 5) is 3.92. The molecule has 2 N–H and O–H groups in total. The lowest BCUT2D eigenvalue weighted by molar-refractivity contribution is -0.137. The summed E-state index contributed by atoms with van der Waals surface area (Å²) in [7, 11) is 1.38. The third kappa shape index (κ3) is 3.58. The zero-order valence-electron chi connectivity index (χ0n) is 11.9. The van der Waals surface area contributed by atoms with Crippen molar-refractivity contribution in [3.05, 3.63) is 53.2 Å². The molecule has 0 aliphatic carbocycles. The Bertz CT molecular complexity index is 781. The molecule has 0 bridgehead atoms. The molecule has 1 heterocycles. The molecule has 0 unspecified atom stereocenters. The summed E-state index contributed by atoms with van der Waals surface area (Å²) in [6.07, 6.45) is -3.18. The third-order valence-electron chi connectivity index (χ3n) is 2.95. The molecule has 0 saturated carbocycles. The monoisotopic (exact) mass is 320 g/mol. The number of aromatic nitrogens is 1. The zero-order chi connectivity index (χ0) is 17.0. The van der Waals surface area contributed by atoms with Gasteiger partial charge in [-0.15, -0.1) is 0 Å². The first-order valence-electron chi connectivity index (χ1n) is 6.33. The number of nitriles is 1. The molecular formula is C15H11F3N4O. The van der Waals surface area contributed by atoms with E-state index in [1.54, 1.807) is 12.1 Å². The van der Waals surface area contributed by atoms with E-state index in [2.05, 4.69) is 10.3 Å². The van der Waals surface area contributed by atoms with Gasteiger partial charge in [-0.3, -0.25) is 5.41 Å². The molecule has 2 aromatic rings. The Morgan fingerprint density at radius 3 is 2.70 bits per heavy atom. The molecule has 0 spiro atoms. The van der Waals surface area contributed by atoms with Gasteiger partial charge in [0, 0.05) is 11.9 Å². The Morgan fingerprint density at radius 2 is 2.09 bits per heavy atom. The number of anilines is 1. The second kappa shape index (κ2) is 6.36. The number of benzene rings is 1. The first kappa shape index (κ1) is 16.3. The molecule has 23 heavy (non-hydrogen) atoms. The van der Waals surface area contributed by atoms with Gasteiger partial charge in [-0.25, -0.2) is 4.98 Å². The number of nitrogens with zero attached hydrogens (tertiary/aromatic N) is 2. The summed E-state index contributed by atoms with van der Waals surface area (Å²) in [6, 6.07) is 7.77. The number of alkyl halides is 3. The lowest BCUT2D eigenvalue weighted by Gasteiger charge is -2.13. The van der Waals surface area contributed by atoms with Gasteiger partial charge in [0.1, 0.15) is 5.84 Å². The van der Waals surface area contributed by atoms with Crippen molar-refractivity contribution in [2.75, 3.05) is 12.4 Å². The van der Waals surface area contributed by atoms with Gasteiger partial charge in [-0.1, -0.05) is 0 Å². The van der Waals surface area contributed by atoms with E-state index in [1.807, 2.05) is 0 Å². The van der Waals surface area contributed by atoms with E-state index in [-0.39, 0.29) is 17.4 Å². The summed E-state index contributed by atoms with van der Waals surface area (Å²) < 4.78 is 43.8. The SMILES string of the molecule is COc1ncccc1C(=N)Nc1ccc(C#N)c(C(F)(F)F)c1. The minimum Gasteiger partial charge on any atom is -0.480 e. The molecule has 0 aliphatic rings. The van der Waals surface area contributed by atoms with Crippen LogP contribution in [0.15, 0.2) is 36.5 Å². The smallest absolute Gasteiger partial charge is 0.417 e. The number of hydrogen-bond donors (Lipinski definition) is 2. The average molecular weight is 320 g/mol. The van der Waals surface area contributed by atoms with Gasteiger partial charge in [0.05, 0.1) is 29.9 Å². The lowest BCUT2D eigenvalue weighted by atomic mass is 10.1. The number of hydrogen-bond acceptors (Lipinski definition) is 4. The normalized spacial score (nSPS) is 10.7. The molecule has 1 aromatic carbocycles. The molecule has 0 atom stereocenters. The van der Waals surface area contributed by atoms with Crippen LogP contribution < -0.4 is 10.1 Å². The second-order valence-electron chi connectivity index (χ2n) is 4.43. The first-order chi connectivity index (χ1) is 10.9. The molecule has 8 heteroatoms. The maximum absolute atomic E-state index is 12.9. The molecule has 1 aromatic heterocycles. The van der Waals surface area contributed by atoms with Crippen LogP contribution in [0.1, 0.15) is 16.7 Å². The Hall–Kier alpha value is -3.08. The number of halogens is 3. The van der Waals surface area contributed by atoms with Crippen LogP contribution in [-0.2, 0) is 6.18 Å². The number of amidine groups is 1. The van der Waals surface area contributed by atoms with Gasteiger partial charge in [-0.05, 0) is 30.3 Å². The predicted octanol–water partition coefficient (Wildman–Crippen LogP) is 3.42. The van der Waals surface area contributed by atoms with Crippen LogP contribution in [0.4, 0.5) is 18.9 Å². The number of rotatable bonds is 3. The van der Waals surface area contributed by atoms with E-state index >= 15 is 0 Å². The molecule has 0 saturated heterocycles. The number of nitrogens with one attached hydrogen (secondary N) is 2. The van der Waals surface area contributed by atoms with Gasteiger partial charge in [0.25, 0.3) is 0 Å². The van der Waals surface area contributed by atoms with Crippen molar-refractivity contribution in [1.29, 1.82) is 10.7 Å². The highest BCUT2D eigenvalue weighted by atomic mass is 19.4. The highest BCUT2D eigenvalue weighted by Gasteiger charge is 2.33. The molecular weight excluding hydrogens is 309 g/mol. The van der Waals surface area contributed by atoms with Crippen molar-refractivity contribution in [3.63, 3.8) is 0 Å². The van der Waals surface area contributed by atoms with E-state index in [0.717, 1.165) is 12.1 Å². The topological polar surface area (TPSA) is 81.8 Å². The van der Waals surface area contributed by atoms with Crippen molar-refractivity contribution in [2.24, 2.45) is 0 Å². The molecule has 5 nitrogen and oxygen atoms in total. The molecule has 2 rings (SSSR count). The van der Waals surface area contributed by atoms with Crippen LogP contribution in [0, 0.1) is 16.7 Å². The standard InChI is InChI=1S/C15H11F3N4O/c1-23-14-11(3-2-6-21-14)13(20)22-10-5-4-9(8-19)12(7-10)15(16,17)18/h2-7H,1H3,(H2,20,22). The van der Waals surface area contributed by atoms with Crippen molar-refractivity contribution < 1.29 is 17.9 Å². The van der Waals surface area contributed by atoms with Crippen LogP contribution in [0.5, 0.6) is 5.88 Å². The highest BCUT2D eigenvalue weighted by molar-refractivity contribution is 6.07. The van der Waals surface area contributed by atoms with E-state index < -0.39 is 17.3 Å². The lowest BCUT2D eigenvalue weighted by Crippen LogP contribution is -2.15. The van der Waals surface area contributed by atoms with Crippen molar-refractivity contribution in [1.82, 2.24) is 4.98 Å². The fraction of sp³-hybridized carbons (Fsp3) is 0.133. The van der Waals surface area contributed by atoms with Crippen molar-refractivity contribution >= 4 is 11.5 Å². The summed E-state index contributed by atoms with van der Waals surface area (Å²) >= 11 is 0. The van der Waals surface area contributed by atoms with Crippen molar-refractivity contribution in [2.45, 2.75) is 6.18 Å². The van der Waals surface area contributed by atoms with Crippen LogP contribution >= 0.6 is 0 Å². The summed E-state index contributed by atoms with van der Waals surface area (Å²) in [5.41, 5.74) is -1.20. The highest BCUT2D eigenvalue weighted by Crippen LogP contribution is 2.33. The zero-order valence-corrected chi connectivity index (χ0v) is 11.9. The third-order valence-corrected chi connectivity index (χ3v) is 2.95. The van der Waals surface area contributed by atoms with Gasteiger partial charge >= 0.3 is 6.18 Å². The number of methoxy groups -OCH3 is 1. The van der Waals surface area contributed by atoms with Gasteiger partial charge in [0.15, 0.2) is 0 Å². The summed E-state index contributed by atoms with van der Waals surface area (Å²) in [6.45, 7) is 0. The van der Waals surface area contributed by atoms with Crippen molar-refractivity contribution in [3.8, 4) is 11.9 Å². The predicted molar refractivity (Wildman–Crippen MR) is 77.4 cm³/mol. The molecule has 0 amide bonds. The van der Waals surface area contributed by atoms with Crippen LogP contribution in [0.3, 0.4) is 0 Å². The van der Waals surface area contributed by atoms with E-state index in [4.69, 9.17) is 15.4 Å². The van der Waals surface area contributed by atoms with E-state index in [1.165, 1.54) is 25.4 Å². The summed E-state index contributed by atoms with van der Waals surface area (Å²) in [5, 5.41) is 19.3. The van der Waals surface area contributed by atoms with Gasteiger partial charge in [0.2, 0.25) is 5.88 Å². The Balaban J connectivity index is 2.34. The van der Waals surface area contributed by atoms with Crippen LogP contribution in [-0.4, -0.2) is 17.9 Å². The minimum atomic E-state index is -4.66. The van der Waals surface area contributed by atoms with Crippen LogP contribution in [0.25, 0.3) is 0 Å². The van der Waals surface area contributed by atoms with Gasteiger partial charge in [-0.2, -0.15) is 18.4 Å². The minimum absolute atomic E-state index is 0.0345. The second-order valence-corrected chi connectivity index (χ2v) is 4.43. The molecule has 0 fully saturated rings. The Morgan fingerprint density at radius 1 is 1.35 bits per heavy atom. The quantitative estimate of drug-likeness (QED) is 0.670. The van der Waals surface area contributed by atoms with E-state index in [0.29, 0.717) is 5.56 Å². The number of pyridine rings is 1. The largest absolute Gasteiger partial charge is 0.480 e. The maximum atomic E-state index is 12.9. The van der Waals surface area contributed by atoms with E-state index in [9.17, 15) is 13.2 Å². The Kier molecular flexibility index (Phi) is 4.50. The maximum Gasteiger partial charge on any atom is 0.417 e. The summed E-state index contributed by atoms with van der Waals surface area (Å²) in [5.74, 6) is 0.00229. The Labute approximate surface area is 129 Å². The van der Waals surface area contributed by atoms with Crippen LogP contribution in [0.2, 0.25) is 0 Å². The number of ether oxygens (including phenoxy) is 1. The first-order valence-corrected chi connectivity index (χ1v) is 6.33. The fourth-order valence-electron chi connectivity index (χ4n) is 1.91. The fourth-order valence-corrected chi connectivity index (χ4v) is 1.91.